The number of carboxylic acids is 1. The molecule has 1 aromatic carbocycles. The zero-order valence-corrected chi connectivity index (χ0v) is 13.8. The molecule has 1 aliphatic carbocycles. The Balaban J connectivity index is 2.06. The summed E-state index contributed by atoms with van der Waals surface area (Å²) in [4.78, 5) is 23.0. The highest BCUT2D eigenvalue weighted by atomic mass is 16.5. The first-order chi connectivity index (χ1) is 10.8. The third-order valence-electron chi connectivity index (χ3n) is 4.31. The predicted octanol–water partition coefficient (Wildman–Crippen LogP) is 3.16. The van der Waals surface area contributed by atoms with Gasteiger partial charge in [0.15, 0.2) is 6.61 Å². The van der Waals surface area contributed by atoms with Crippen LogP contribution in [0.4, 0.5) is 0 Å². The van der Waals surface area contributed by atoms with E-state index >= 15 is 0 Å². The molecule has 0 spiro atoms. The minimum Gasteiger partial charge on any atom is -0.482 e. The van der Waals surface area contributed by atoms with Gasteiger partial charge in [-0.05, 0) is 58.2 Å². The van der Waals surface area contributed by atoms with E-state index in [9.17, 15) is 9.59 Å². The molecule has 0 saturated carbocycles. The molecule has 0 aromatic heterocycles. The number of hydrogen-bond donors (Lipinski definition) is 2. The minimum atomic E-state index is -1.05. The van der Waals surface area contributed by atoms with Gasteiger partial charge in [0, 0.05) is 11.1 Å². The van der Waals surface area contributed by atoms with Gasteiger partial charge in [-0.1, -0.05) is 17.2 Å². The van der Waals surface area contributed by atoms with Crippen LogP contribution in [0.15, 0.2) is 35.4 Å². The minimum absolute atomic E-state index is 0.166. The van der Waals surface area contributed by atoms with E-state index in [-0.39, 0.29) is 11.4 Å². The summed E-state index contributed by atoms with van der Waals surface area (Å²) in [5.41, 5.74) is 2.95. The Kier molecular flexibility index (Phi) is 5.08. The van der Waals surface area contributed by atoms with Crippen LogP contribution in [-0.4, -0.2) is 29.1 Å². The van der Waals surface area contributed by atoms with E-state index < -0.39 is 12.6 Å². The lowest BCUT2D eigenvalue weighted by Gasteiger charge is -2.36. The highest BCUT2D eigenvalue weighted by molar-refractivity contribution is 5.95. The van der Waals surface area contributed by atoms with E-state index in [1.165, 1.54) is 11.1 Å². The van der Waals surface area contributed by atoms with Crippen LogP contribution >= 0.6 is 0 Å². The number of carboxylic acid groups (broad SMARTS) is 1. The van der Waals surface area contributed by atoms with Gasteiger partial charge in [0.1, 0.15) is 5.75 Å². The number of allylic oxidation sites excluding steroid dienone is 1. The lowest BCUT2D eigenvalue weighted by molar-refractivity contribution is -0.139. The summed E-state index contributed by atoms with van der Waals surface area (Å²) in [6.07, 6.45) is 2.75. The summed E-state index contributed by atoms with van der Waals surface area (Å²) in [6, 6.07) is 6.59. The third-order valence-corrected chi connectivity index (χ3v) is 4.31. The van der Waals surface area contributed by atoms with Gasteiger partial charge in [0.05, 0.1) is 0 Å². The van der Waals surface area contributed by atoms with E-state index in [1.807, 2.05) is 0 Å². The van der Waals surface area contributed by atoms with Crippen LogP contribution in [0.3, 0.4) is 0 Å². The Morgan fingerprint density at radius 2 is 2.04 bits per heavy atom. The molecule has 1 aromatic rings. The fourth-order valence-electron chi connectivity index (χ4n) is 2.83. The summed E-state index contributed by atoms with van der Waals surface area (Å²) in [6.45, 7) is 5.89. The molecular weight excluding hydrogens is 294 g/mol. The highest BCUT2D eigenvalue weighted by Gasteiger charge is 2.30. The van der Waals surface area contributed by atoms with Crippen molar-refractivity contribution in [2.45, 2.75) is 45.6 Å². The van der Waals surface area contributed by atoms with Crippen LogP contribution in [0.1, 0.15) is 50.4 Å². The molecular formula is C18H23NO4. The van der Waals surface area contributed by atoms with Crippen molar-refractivity contribution in [2.24, 2.45) is 0 Å². The molecule has 5 heteroatoms. The normalized spacial score (nSPS) is 21.0. The summed E-state index contributed by atoms with van der Waals surface area (Å²) < 4.78 is 5.12. The van der Waals surface area contributed by atoms with Crippen molar-refractivity contribution in [3.05, 3.63) is 41.0 Å². The Morgan fingerprint density at radius 1 is 1.30 bits per heavy atom. The van der Waals surface area contributed by atoms with E-state index in [0.29, 0.717) is 11.3 Å². The number of carbonyl (C=O) groups excluding carboxylic acids is 1. The molecule has 0 bridgehead atoms. The standard InChI is InChI=1S/C18H23NO4/c1-12-7-8-18(3,10-13(12)2)19-17(22)14-5-4-6-15(9-14)23-11-16(20)21/h4-6,9H,7-8,10-11H2,1-3H3,(H,19,22)(H,20,21). The van der Waals surface area contributed by atoms with E-state index in [1.54, 1.807) is 24.3 Å². The molecule has 5 nitrogen and oxygen atoms in total. The van der Waals surface area contributed by atoms with Crippen LogP contribution in [0.5, 0.6) is 5.75 Å². The van der Waals surface area contributed by atoms with Crippen LogP contribution < -0.4 is 10.1 Å². The van der Waals surface area contributed by atoms with Gasteiger partial charge in [0.2, 0.25) is 0 Å². The van der Waals surface area contributed by atoms with E-state index in [0.717, 1.165) is 19.3 Å². The number of hydrogen-bond acceptors (Lipinski definition) is 3. The number of amides is 1. The summed E-state index contributed by atoms with van der Waals surface area (Å²) in [5.74, 6) is -0.839. The third kappa shape index (κ3) is 4.58. The van der Waals surface area contributed by atoms with E-state index in [4.69, 9.17) is 9.84 Å². The van der Waals surface area contributed by atoms with Crippen molar-refractivity contribution < 1.29 is 19.4 Å². The van der Waals surface area contributed by atoms with Gasteiger partial charge >= 0.3 is 5.97 Å². The highest BCUT2D eigenvalue weighted by Crippen LogP contribution is 2.32. The lowest BCUT2D eigenvalue weighted by atomic mass is 9.80. The van der Waals surface area contributed by atoms with Gasteiger partial charge in [-0.3, -0.25) is 4.79 Å². The summed E-state index contributed by atoms with van der Waals surface area (Å²) in [5, 5.41) is 11.8. The smallest absolute Gasteiger partial charge is 0.341 e. The molecule has 1 atom stereocenters. The SMILES string of the molecule is CC1=C(C)CC(C)(NC(=O)c2cccc(OCC(=O)O)c2)CC1. The fourth-order valence-corrected chi connectivity index (χ4v) is 2.83. The van der Waals surface area contributed by atoms with Gasteiger partial charge < -0.3 is 15.2 Å². The fraction of sp³-hybridized carbons (Fsp3) is 0.444. The Morgan fingerprint density at radius 3 is 2.70 bits per heavy atom. The molecule has 1 unspecified atom stereocenters. The molecule has 2 N–H and O–H groups in total. The zero-order valence-electron chi connectivity index (χ0n) is 13.8. The quantitative estimate of drug-likeness (QED) is 0.818. The predicted molar refractivity (Wildman–Crippen MR) is 87.7 cm³/mol. The Bertz CT molecular complexity index is 650. The number of carbonyl (C=O) groups is 2. The van der Waals surface area contributed by atoms with Crippen molar-refractivity contribution in [2.75, 3.05) is 6.61 Å². The second-order valence-electron chi connectivity index (χ2n) is 6.46. The largest absolute Gasteiger partial charge is 0.482 e. The zero-order chi connectivity index (χ0) is 17.0. The molecule has 0 heterocycles. The molecule has 124 valence electrons. The maximum absolute atomic E-state index is 12.5. The maximum Gasteiger partial charge on any atom is 0.341 e. The number of rotatable bonds is 5. The van der Waals surface area contributed by atoms with Gasteiger partial charge in [0.25, 0.3) is 5.91 Å². The van der Waals surface area contributed by atoms with Crippen molar-refractivity contribution in [3.8, 4) is 5.75 Å². The first kappa shape index (κ1) is 17.1. The summed E-state index contributed by atoms with van der Waals surface area (Å²) >= 11 is 0. The number of nitrogens with one attached hydrogen (secondary N) is 1. The first-order valence-corrected chi connectivity index (χ1v) is 7.71. The summed E-state index contributed by atoms with van der Waals surface area (Å²) in [7, 11) is 0. The number of benzene rings is 1. The second-order valence-corrected chi connectivity index (χ2v) is 6.46. The average molecular weight is 317 g/mol. The Labute approximate surface area is 136 Å². The van der Waals surface area contributed by atoms with Crippen LogP contribution in [0, 0.1) is 0 Å². The molecule has 0 aliphatic heterocycles. The van der Waals surface area contributed by atoms with Crippen LogP contribution in [-0.2, 0) is 4.79 Å². The van der Waals surface area contributed by atoms with Crippen molar-refractivity contribution in [1.29, 1.82) is 0 Å². The molecule has 0 radical (unpaired) electrons. The molecule has 1 amide bonds. The molecule has 1 aliphatic rings. The lowest BCUT2D eigenvalue weighted by Crippen LogP contribution is -2.47. The molecule has 2 rings (SSSR count). The van der Waals surface area contributed by atoms with Gasteiger partial charge in [-0.15, -0.1) is 0 Å². The topological polar surface area (TPSA) is 75.6 Å². The molecule has 0 saturated heterocycles. The average Bonchev–Trinajstić information content (AvgIpc) is 2.49. The van der Waals surface area contributed by atoms with Gasteiger partial charge in [-0.2, -0.15) is 0 Å². The number of aliphatic carboxylic acids is 1. The van der Waals surface area contributed by atoms with Crippen molar-refractivity contribution in [3.63, 3.8) is 0 Å². The Hall–Kier alpha value is -2.30. The molecule has 0 fully saturated rings. The van der Waals surface area contributed by atoms with Crippen molar-refractivity contribution in [1.82, 2.24) is 5.32 Å². The maximum atomic E-state index is 12.5. The van der Waals surface area contributed by atoms with Crippen LogP contribution in [0.2, 0.25) is 0 Å². The monoisotopic (exact) mass is 317 g/mol. The number of ether oxygens (including phenoxy) is 1. The second kappa shape index (κ2) is 6.86. The molecule has 23 heavy (non-hydrogen) atoms. The first-order valence-electron chi connectivity index (χ1n) is 7.71. The van der Waals surface area contributed by atoms with Gasteiger partial charge in [-0.25, -0.2) is 4.79 Å². The van der Waals surface area contributed by atoms with E-state index in [2.05, 4.69) is 26.1 Å². The van der Waals surface area contributed by atoms with Crippen LogP contribution in [0.25, 0.3) is 0 Å². The van der Waals surface area contributed by atoms with Crippen molar-refractivity contribution >= 4 is 11.9 Å².